The zero-order valence-electron chi connectivity index (χ0n) is 15.3. The van der Waals surface area contributed by atoms with Crippen LogP contribution in [0.4, 0.5) is 5.69 Å². The summed E-state index contributed by atoms with van der Waals surface area (Å²) in [6, 6.07) is 5.46. The molecular formula is C18H28ClN3O3S. The third kappa shape index (κ3) is 4.15. The summed E-state index contributed by atoms with van der Waals surface area (Å²) in [6.07, 6.45) is 4.72. The number of hydrogen-bond acceptors (Lipinski definition) is 4. The van der Waals surface area contributed by atoms with E-state index in [0.29, 0.717) is 30.3 Å². The minimum Gasteiger partial charge on any atom is -0.334 e. The van der Waals surface area contributed by atoms with E-state index in [1.807, 2.05) is 11.0 Å². The van der Waals surface area contributed by atoms with E-state index < -0.39 is 10.0 Å². The van der Waals surface area contributed by atoms with E-state index in [1.54, 1.807) is 12.1 Å². The summed E-state index contributed by atoms with van der Waals surface area (Å²) < 4.78 is 25.4. The highest BCUT2D eigenvalue weighted by Crippen LogP contribution is 2.31. The van der Waals surface area contributed by atoms with Crippen LogP contribution in [0.5, 0.6) is 0 Å². The van der Waals surface area contributed by atoms with Gasteiger partial charge in [-0.2, -0.15) is 0 Å². The molecule has 1 aromatic carbocycles. The van der Waals surface area contributed by atoms with Crippen molar-refractivity contribution < 1.29 is 13.2 Å². The smallest absolute Gasteiger partial charge is 0.254 e. The average Bonchev–Trinajstić information content (AvgIpc) is 2.59. The average molecular weight is 402 g/mol. The monoisotopic (exact) mass is 401 g/mol. The molecule has 26 heavy (non-hydrogen) atoms. The van der Waals surface area contributed by atoms with Crippen LogP contribution in [0.3, 0.4) is 0 Å². The van der Waals surface area contributed by atoms with Gasteiger partial charge in [-0.3, -0.25) is 9.10 Å². The van der Waals surface area contributed by atoms with E-state index in [1.165, 1.54) is 10.6 Å². The summed E-state index contributed by atoms with van der Waals surface area (Å²) in [5.74, 6) is 0.589. The zero-order chi connectivity index (χ0) is 18.2. The highest BCUT2D eigenvalue weighted by molar-refractivity contribution is 7.92. The first-order valence-corrected chi connectivity index (χ1v) is 10.8. The Kier molecular flexibility index (Phi) is 6.58. The number of piperidine rings is 1. The molecule has 0 spiro atoms. The third-order valence-electron chi connectivity index (χ3n) is 5.31. The van der Waals surface area contributed by atoms with E-state index in [9.17, 15) is 13.2 Å². The van der Waals surface area contributed by atoms with Gasteiger partial charge in [0.1, 0.15) is 0 Å². The van der Waals surface area contributed by atoms with Crippen LogP contribution in [0.25, 0.3) is 0 Å². The van der Waals surface area contributed by atoms with Gasteiger partial charge in [0, 0.05) is 31.2 Å². The molecule has 1 aromatic rings. The van der Waals surface area contributed by atoms with Crippen LogP contribution in [-0.2, 0) is 16.4 Å². The maximum atomic E-state index is 13.0. The van der Waals surface area contributed by atoms with Gasteiger partial charge >= 0.3 is 0 Å². The predicted molar refractivity (Wildman–Crippen MR) is 106 cm³/mol. The molecule has 146 valence electrons. The van der Waals surface area contributed by atoms with Crippen LogP contribution in [-0.4, -0.2) is 51.2 Å². The van der Waals surface area contributed by atoms with Gasteiger partial charge < -0.3 is 10.6 Å². The number of sulfonamides is 1. The number of likely N-dealkylation sites (tertiary alicyclic amines) is 1. The Balaban J connectivity index is 0.00000243. The Morgan fingerprint density at radius 3 is 2.69 bits per heavy atom. The minimum absolute atomic E-state index is 0. The molecule has 0 aromatic heterocycles. The van der Waals surface area contributed by atoms with Crippen molar-refractivity contribution >= 4 is 34.0 Å². The number of halogens is 1. The van der Waals surface area contributed by atoms with Crippen LogP contribution in [0.1, 0.15) is 42.1 Å². The van der Waals surface area contributed by atoms with Crippen molar-refractivity contribution in [3.63, 3.8) is 0 Å². The molecule has 8 heteroatoms. The van der Waals surface area contributed by atoms with Crippen molar-refractivity contribution in [2.24, 2.45) is 11.7 Å². The number of carbonyl (C=O) groups is 1. The summed E-state index contributed by atoms with van der Waals surface area (Å²) in [5.41, 5.74) is 8.14. The van der Waals surface area contributed by atoms with E-state index >= 15 is 0 Å². The highest BCUT2D eigenvalue weighted by atomic mass is 35.5. The largest absolute Gasteiger partial charge is 0.334 e. The fourth-order valence-electron chi connectivity index (χ4n) is 3.95. The molecule has 0 saturated carbocycles. The first-order valence-electron chi connectivity index (χ1n) is 8.93. The summed E-state index contributed by atoms with van der Waals surface area (Å²) in [7, 11) is -3.29. The maximum Gasteiger partial charge on any atom is 0.254 e. The summed E-state index contributed by atoms with van der Waals surface area (Å²) in [6.45, 7) is 3.90. The quantitative estimate of drug-likeness (QED) is 0.839. The van der Waals surface area contributed by atoms with Crippen LogP contribution in [0, 0.1) is 5.92 Å². The molecule has 1 amide bonds. The first kappa shape index (κ1) is 21.0. The Labute approximate surface area is 162 Å². The van der Waals surface area contributed by atoms with Gasteiger partial charge in [0.05, 0.1) is 11.9 Å². The Morgan fingerprint density at radius 1 is 1.31 bits per heavy atom. The Morgan fingerprint density at radius 2 is 2.04 bits per heavy atom. The van der Waals surface area contributed by atoms with Crippen LogP contribution in [0.15, 0.2) is 18.2 Å². The van der Waals surface area contributed by atoms with E-state index in [2.05, 4.69) is 6.92 Å². The van der Waals surface area contributed by atoms with Gasteiger partial charge in [-0.25, -0.2) is 8.42 Å². The number of benzene rings is 1. The lowest BCUT2D eigenvalue weighted by Crippen LogP contribution is -2.49. The molecule has 1 saturated heterocycles. The van der Waals surface area contributed by atoms with E-state index in [-0.39, 0.29) is 24.4 Å². The number of nitrogens with two attached hydrogens (primary N) is 1. The Bertz CT molecular complexity index is 769. The molecule has 3 rings (SSSR count). The molecule has 2 unspecified atom stereocenters. The molecule has 2 atom stereocenters. The maximum absolute atomic E-state index is 13.0. The van der Waals surface area contributed by atoms with Crippen molar-refractivity contribution in [1.29, 1.82) is 0 Å². The van der Waals surface area contributed by atoms with Gasteiger partial charge in [-0.05, 0) is 55.4 Å². The number of aryl methyl sites for hydroxylation is 1. The number of rotatable bonds is 3. The number of anilines is 1. The molecule has 0 bridgehead atoms. The minimum atomic E-state index is -3.29. The Hall–Kier alpha value is -1.31. The lowest BCUT2D eigenvalue weighted by Gasteiger charge is -2.38. The normalized spacial score (nSPS) is 23.2. The second-order valence-corrected chi connectivity index (χ2v) is 9.21. The fraction of sp³-hybridized carbons (Fsp3) is 0.611. The van der Waals surface area contributed by atoms with Crippen molar-refractivity contribution in [1.82, 2.24) is 4.90 Å². The summed E-state index contributed by atoms with van der Waals surface area (Å²) >= 11 is 0. The molecule has 2 aliphatic heterocycles. The highest BCUT2D eigenvalue weighted by Gasteiger charge is 2.31. The second kappa shape index (κ2) is 8.15. The van der Waals surface area contributed by atoms with Gasteiger partial charge in [0.2, 0.25) is 10.0 Å². The molecule has 0 radical (unpaired) electrons. The van der Waals surface area contributed by atoms with Gasteiger partial charge in [-0.1, -0.05) is 6.92 Å². The molecule has 0 aliphatic carbocycles. The number of amides is 1. The van der Waals surface area contributed by atoms with E-state index in [4.69, 9.17) is 5.73 Å². The number of nitrogens with zero attached hydrogens (tertiary/aromatic N) is 2. The molecule has 1 fully saturated rings. The number of hydrogen-bond donors (Lipinski definition) is 1. The first-order chi connectivity index (χ1) is 11.8. The van der Waals surface area contributed by atoms with Crippen LogP contribution in [0.2, 0.25) is 0 Å². The third-order valence-corrected chi connectivity index (χ3v) is 6.49. The summed E-state index contributed by atoms with van der Waals surface area (Å²) in [5, 5.41) is 0. The van der Waals surface area contributed by atoms with Gasteiger partial charge in [-0.15, -0.1) is 12.4 Å². The number of fused-ring (bicyclic) bond motifs is 1. The molecule has 2 heterocycles. The summed E-state index contributed by atoms with van der Waals surface area (Å²) in [4.78, 5) is 14.9. The molecule has 2 aliphatic rings. The molecule has 6 nitrogen and oxygen atoms in total. The lowest BCUT2D eigenvalue weighted by atomic mass is 9.91. The predicted octanol–water partition coefficient (Wildman–Crippen LogP) is 2.02. The zero-order valence-corrected chi connectivity index (χ0v) is 17.0. The van der Waals surface area contributed by atoms with Crippen molar-refractivity contribution in [3.05, 3.63) is 29.3 Å². The standard InChI is InChI=1S/C18H27N3O3S.ClH/c1-13-7-9-20(16(10-13)12-19)18(22)15-5-6-17-14(11-15)4-3-8-21(17)25(2,23)24;/h5-6,11,13,16H,3-4,7-10,12,19H2,1-2H3;1H. The molecule has 2 N–H and O–H groups in total. The van der Waals surface area contributed by atoms with Crippen LogP contribution < -0.4 is 10.0 Å². The second-order valence-electron chi connectivity index (χ2n) is 7.30. The lowest BCUT2D eigenvalue weighted by molar-refractivity contribution is 0.0573. The number of carbonyl (C=O) groups excluding carboxylic acids is 1. The molecular weight excluding hydrogens is 374 g/mol. The van der Waals surface area contributed by atoms with Gasteiger partial charge in [0.25, 0.3) is 5.91 Å². The van der Waals surface area contributed by atoms with E-state index in [0.717, 1.165) is 37.8 Å². The topological polar surface area (TPSA) is 83.7 Å². The van der Waals surface area contributed by atoms with Crippen LogP contribution >= 0.6 is 12.4 Å². The van der Waals surface area contributed by atoms with Crippen molar-refractivity contribution in [2.75, 3.05) is 30.2 Å². The van der Waals surface area contributed by atoms with Crippen molar-refractivity contribution in [2.45, 2.75) is 38.6 Å². The van der Waals surface area contributed by atoms with Gasteiger partial charge in [0.15, 0.2) is 0 Å². The van der Waals surface area contributed by atoms with Crippen molar-refractivity contribution in [3.8, 4) is 0 Å². The fourth-order valence-corrected chi connectivity index (χ4v) is 4.94. The SMILES string of the molecule is CC1CCN(C(=O)c2ccc3c(c2)CCCN3S(C)(=O)=O)C(CN)C1.Cl.